The van der Waals surface area contributed by atoms with E-state index in [0.717, 1.165) is 28.7 Å². The number of carbonyl (C=O) groups excluding carboxylic acids is 2. The monoisotopic (exact) mass is 576 g/mol. The van der Waals surface area contributed by atoms with Gasteiger partial charge in [-0.2, -0.15) is 5.21 Å². The summed E-state index contributed by atoms with van der Waals surface area (Å²) in [6.07, 6.45) is 0.220. The van der Waals surface area contributed by atoms with Crippen LogP contribution in [0, 0.1) is 0 Å². The van der Waals surface area contributed by atoms with Gasteiger partial charge < -0.3 is 23.9 Å². The second-order valence-electron chi connectivity index (χ2n) is 10.5. The smallest absolute Gasteiger partial charge is 0.457 e. The minimum Gasteiger partial charge on any atom is -0.457 e. The van der Waals surface area contributed by atoms with Crippen LogP contribution in [0.25, 0.3) is 22.5 Å². The van der Waals surface area contributed by atoms with Gasteiger partial charge >= 0.3 is 12.1 Å². The number of nitrogens with zero attached hydrogens (tertiary/aromatic N) is 5. The molecule has 4 aromatic rings. The first-order valence-corrected chi connectivity index (χ1v) is 13.8. The van der Waals surface area contributed by atoms with Gasteiger partial charge in [0.2, 0.25) is 5.82 Å². The van der Waals surface area contributed by atoms with Gasteiger partial charge in [-0.3, -0.25) is 0 Å². The van der Waals surface area contributed by atoms with Crippen molar-refractivity contribution >= 4 is 12.1 Å². The Bertz CT molecular complexity index is 1490. The van der Waals surface area contributed by atoms with Crippen molar-refractivity contribution in [3.8, 4) is 22.5 Å². The summed E-state index contributed by atoms with van der Waals surface area (Å²) in [5.74, 6) is 0.486. The largest absolute Gasteiger partial charge is 0.508 e. The van der Waals surface area contributed by atoms with Crippen LogP contribution in [-0.2, 0) is 32.8 Å². The van der Waals surface area contributed by atoms with Gasteiger partial charge in [0.05, 0.1) is 6.10 Å². The van der Waals surface area contributed by atoms with E-state index < -0.39 is 17.7 Å². The Morgan fingerprint density at radius 3 is 2.33 bits per heavy atom. The van der Waals surface area contributed by atoms with Crippen LogP contribution in [0.2, 0.25) is 0 Å². The van der Waals surface area contributed by atoms with Gasteiger partial charge in [0.1, 0.15) is 30.3 Å². The molecule has 2 aromatic heterocycles. The van der Waals surface area contributed by atoms with Crippen LogP contribution in [0.5, 0.6) is 0 Å². The van der Waals surface area contributed by atoms with E-state index in [1.807, 2.05) is 55.5 Å². The van der Waals surface area contributed by atoms with E-state index in [4.69, 9.17) is 14.2 Å². The van der Waals surface area contributed by atoms with E-state index in [1.165, 1.54) is 0 Å². The number of aromatic amines is 1. The highest BCUT2D eigenvalue weighted by atomic mass is 16.7. The number of aliphatic hydroxyl groups is 1. The van der Waals surface area contributed by atoms with Crippen LogP contribution in [0.15, 0.2) is 48.5 Å². The lowest BCUT2D eigenvalue weighted by Crippen LogP contribution is -2.24. The first kappa shape index (κ1) is 30.4. The van der Waals surface area contributed by atoms with E-state index >= 15 is 0 Å². The van der Waals surface area contributed by atoms with Crippen molar-refractivity contribution in [2.75, 3.05) is 13.2 Å². The van der Waals surface area contributed by atoms with Crippen molar-refractivity contribution in [1.82, 2.24) is 30.2 Å². The average molecular weight is 577 g/mol. The number of aromatic nitrogens is 6. The molecule has 2 aromatic carbocycles. The molecule has 0 spiro atoms. The topological polar surface area (TPSA) is 154 Å². The molecular weight excluding hydrogens is 540 g/mol. The standard InChI is InChI=1S/C30H36N6O6/c1-6-9-24-31-26(30(4,5)39)25(28(37)40-16-17-41-29(38)42-19(2)3)36(24)18-20-12-14-21(15-13-20)22-10-7-8-11-23(22)27-32-34-35-33-27/h7-8,10-15,19,39H,6,9,16-18H2,1-5H3,(H,32,33,34,35). The van der Waals surface area contributed by atoms with E-state index in [2.05, 4.69) is 25.6 Å². The zero-order chi connectivity index (χ0) is 30.3. The molecule has 0 radical (unpaired) electrons. The molecule has 0 aliphatic heterocycles. The molecule has 12 heteroatoms. The lowest BCUT2D eigenvalue weighted by molar-refractivity contribution is 0.0118. The maximum atomic E-state index is 13.4. The SMILES string of the molecule is CCCc1nc(C(C)(C)O)c(C(=O)OCCOC(=O)OC(C)C)n1Cc1ccc(-c2ccccc2-c2nn[nH]n2)cc1. The van der Waals surface area contributed by atoms with E-state index in [-0.39, 0.29) is 30.7 Å². The van der Waals surface area contributed by atoms with Crippen molar-refractivity contribution in [2.45, 2.75) is 65.7 Å². The summed E-state index contributed by atoms with van der Waals surface area (Å²) >= 11 is 0. The second kappa shape index (κ2) is 13.4. The summed E-state index contributed by atoms with van der Waals surface area (Å²) in [7, 11) is 0. The molecule has 0 atom stereocenters. The molecule has 0 unspecified atom stereocenters. The zero-order valence-corrected chi connectivity index (χ0v) is 24.5. The van der Waals surface area contributed by atoms with Crippen molar-refractivity contribution in [2.24, 2.45) is 0 Å². The summed E-state index contributed by atoms with van der Waals surface area (Å²) in [4.78, 5) is 29.7. The van der Waals surface area contributed by atoms with Gasteiger partial charge in [-0.05, 0) is 56.0 Å². The molecule has 0 saturated heterocycles. The minimum atomic E-state index is -1.40. The second-order valence-corrected chi connectivity index (χ2v) is 10.5. The number of carbonyl (C=O) groups is 2. The maximum Gasteiger partial charge on any atom is 0.508 e. The molecule has 0 saturated carbocycles. The van der Waals surface area contributed by atoms with Gasteiger partial charge in [-0.15, -0.1) is 10.2 Å². The Morgan fingerprint density at radius 2 is 1.71 bits per heavy atom. The van der Waals surface area contributed by atoms with E-state index in [9.17, 15) is 14.7 Å². The molecule has 0 fully saturated rings. The summed E-state index contributed by atoms with van der Waals surface area (Å²) < 4.78 is 17.1. The van der Waals surface area contributed by atoms with Crippen LogP contribution in [0.1, 0.15) is 68.6 Å². The first-order chi connectivity index (χ1) is 20.1. The Hall–Kier alpha value is -4.58. The summed E-state index contributed by atoms with van der Waals surface area (Å²) in [6.45, 7) is 8.56. The number of imidazole rings is 1. The molecule has 0 aliphatic rings. The number of rotatable bonds is 12. The van der Waals surface area contributed by atoms with Crippen LogP contribution >= 0.6 is 0 Å². The van der Waals surface area contributed by atoms with Gasteiger partial charge in [0, 0.05) is 18.5 Å². The number of ether oxygens (including phenoxy) is 3. The number of nitrogens with one attached hydrogen (secondary N) is 1. The normalized spacial score (nSPS) is 11.5. The van der Waals surface area contributed by atoms with Crippen LogP contribution < -0.4 is 0 Å². The fourth-order valence-corrected chi connectivity index (χ4v) is 4.45. The molecule has 2 heterocycles. The number of benzene rings is 2. The fraction of sp³-hybridized carbons (Fsp3) is 0.400. The molecule has 0 bridgehead atoms. The molecule has 2 N–H and O–H groups in total. The van der Waals surface area contributed by atoms with Crippen LogP contribution in [0.3, 0.4) is 0 Å². The molecular formula is C30H36N6O6. The third-order valence-electron chi connectivity index (χ3n) is 6.28. The third kappa shape index (κ3) is 7.38. The number of aryl methyl sites for hydroxylation is 1. The predicted molar refractivity (Wildman–Crippen MR) is 153 cm³/mol. The van der Waals surface area contributed by atoms with E-state index in [0.29, 0.717) is 24.6 Å². The molecule has 0 aliphatic carbocycles. The Balaban J connectivity index is 1.59. The lowest BCUT2D eigenvalue weighted by Gasteiger charge is -2.18. The van der Waals surface area contributed by atoms with Crippen molar-refractivity contribution in [1.29, 1.82) is 0 Å². The summed E-state index contributed by atoms with van der Waals surface area (Å²) in [5.41, 5.74) is 2.66. The summed E-state index contributed by atoms with van der Waals surface area (Å²) in [6, 6.07) is 15.7. The van der Waals surface area contributed by atoms with Crippen LogP contribution in [0.4, 0.5) is 4.79 Å². The predicted octanol–water partition coefficient (Wildman–Crippen LogP) is 4.68. The van der Waals surface area contributed by atoms with Crippen molar-refractivity contribution in [3.05, 3.63) is 71.3 Å². The number of H-pyrrole nitrogens is 1. The van der Waals surface area contributed by atoms with E-state index in [1.54, 1.807) is 32.3 Å². The minimum absolute atomic E-state index is 0.155. The lowest BCUT2D eigenvalue weighted by atomic mass is 9.98. The highest BCUT2D eigenvalue weighted by molar-refractivity contribution is 5.89. The van der Waals surface area contributed by atoms with Crippen LogP contribution in [-0.4, -0.2) is 66.7 Å². The molecule has 222 valence electrons. The van der Waals surface area contributed by atoms with Gasteiger partial charge in [0.25, 0.3) is 0 Å². The fourth-order valence-electron chi connectivity index (χ4n) is 4.45. The van der Waals surface area contributed by atoms with Gasteiger partial charge in [-0.1, -0.05) is 55.5 Å². The Kier molecular flexibility index (Phi) is 9.68. The number of hydrogen-bond acceptors (Lipinski definition) is 10. The molecule has 0 amide bonds. The average Bonchev–Trinajstić information content (AvgIpc) is 3.60. The van der Waals surface area contributed by atoms with Crippen molar-refractivity contribution in [3.63, 3.8) is 0 Å². The highest BCUT2D eigenvalue weighted by Crippen LogP contribution is 2.31. The Morgan fingerprint density at radius 1 is 1.02 bits per heavy atom. The Labute approximate surface area is 244 Å². The third-order valence-corrected chi connectivity index (χ3v) is 6.28. The quantitative estimate of drug-likeness (QED) is 0.179. The van der Waals surface area contributed by atoms with Gasteiger partial charge in [0.15, 0.2) is 5.69 Å². The zero-order valence-electron chi connectivity index (χ0n) is 24.5. The molecule has 4 rings (SSSR count). The number of hydrogen-bond donors (Lipinski definition) is 2. The molecule has 42 heavy (non-hydrogen) atoms. The molecule has 12 nitrogen and oxygen atoms in total. The number of esters is 1. The summed E-state index contributed by atoms with van der Waals surface area (Å²) in [5, 5.41) is 25.3. The number of tetrazole rings is 1. The highest BCUT2D eigenvalue weighted by Gasteiger charge is 2.32. The van der Waals surface area contributed by atoms with Crippen molar-refractivity contribution < 1.29 is 28.9 Å². The first-order valence-electron chi connectivity index (χ1n) is 13.8. The maximum absolute atomic E-state index is 13.4. The van der Waals surface area contributed by atoms with Gasteiger partial charge in [-0.25, -0.2) is 14.6 Å².